The minimum atomic E-state index is 0.0290. The van der Waals surface area contributed by atoms with E-state index in [1.807, 2.05) is 13.8 Å². The zero-order valence-electron chi connectivity index (χ0n) is 6.89. The molecule has 0 aromatic carbocycles. The number of amides is 1. The van der Waals surface area contributed by atoms with Crippen molar-refractivity contribution in [2.75, 3.05) is 6.54 Å². The summed E-state index contributed by atoms with van der Waals surface area (Å²) in [6, 6.07) is 0. The summed E-state index contributed by atoms with van der Waals surface area (Å²) < 4.78 is 0. The first-order valence-corrected chi connectivity index (χ1v) is 4.01. The van der Waals surface area contributed by atoms with Crippen molar-refractivity contribution in [3.05, 3.63) is 0 Å². The van der Waals surface area contributed by atoms with Gasteiger partial charge in [-0.05, 0) is 0 Å². The molecule has 0 saturated carbocycles. The molecule has 1 amide bonds. The number of thiocarbonyl (C=S) groups is 1. The van der Waals surface area contributed by atoms with Crippen molar-refractivity contribution in [1.29, 1.82) is 0 Å². The summed E-state index contributed by atoms with van der Waals surface area (Å²) in [5, 5.41) is 2.71. The van der Waals surface area contributed by atoms with E-state index in [9.17, 15) is 4.79 Å². The average Bonchev–Trinajstić information content (AvgIpc) is 1.86. The zero-order valence-corrected chi connectivity index (χ0v) is 7.70. The summed E-state index contributed by atoms with van der Waals surface area (Å²) in [4.78, 5) is 11.4. The van der Waals surface area contributed by atoms with Crippen molar-refractivity contribution >= 4 is 23.1 Å². The van der Waals surface area contributed by atoms with E-state index in [1.54, 1.807) is 0 Å². The highest BCUT2D eigenvalue weighted by atomic mass is 32.1. The van der Waals surface area contributed by atoms with Crippen LogP contribution in [-0.4, -0.2) is 17.4 Å². The summed E-state index contributed by atoms with van der Waals surface area (Å²) in [5.74, 6) is 0.0718. The molecule has 0 aliphatic rings. The van der Waals surface area contributed by atoms with Gasteiger partial charge in [-0.1, -0.05) is 26.1 Å². The van der Waals surface area contributed by atoms with Crippen molar-refractivity contribution in [3.63, 3.8) is 0 Å². The SMILES string of the molecule is CC(C)C(=O)NCCC(N)=S. The molecule has 0 fully saturated rings. The van der Waals surface area contributed by atoms with Crippen molar-refractivity contribution in [2.45, 2.75) is 20.3 Å². The monoisotopic (exact) mass is 174 g/mol. The van der Waals surface area contributed by atoms with E-state index < -0.39 is 0 Å². The summed E-state index contributed by atoms with van der Waals surface area (Å²) >= 11 is 4.64. The Balaban J connectivity index is 3.39. The Labute approximate surface area is 72.3 Å². The number of nitrogens with two attached hydrogens (primary N) is 1. The second-order valence-electron chi connectivity index (χ2n) is 2.66. The van der Waals surface area contributed by atoms with E-state index in [-0.39, 0.29) is 11.8 Å². The van der Waals surface area contributed by atoms with Crippen LogP contribution >= 0.6 is 12.2 Å². The summed E-state index contributed by atoms with van der Waals surface area (Å²) in [7, 11) is 0. The smallest absolute Gasteiger partial charge is 0.222 e. The zero-order chi connectivity index (χ0) is 8.85. The molecule has 0 heterocycles. The van der Waals surface area contributed by atoms with Crippen LogP contribution in [0.5, 0.6) is 0 Å². The molecule has 11 heavy (non-hydrogen) atoms. The number of carbonyl (C=O) groups excluding carboxylic acids is 1. The molecule has 0 aliphatic carbocycles. The van der Waals surface area contributed by atoms with Gasteiger partial charge in [0.2, 0.25) is 5.91 Å². The van der Waals surface area contributed by atoms with Gasteiger partial charge in [-0.2, -0.15) is 0 Å². The van der Waals surface area contributed by atoms with E-state index in [0.717, 1.165) is 0 Å². The summed E-state index contributed by atoms with van der Waals surface area (Å²) in [5.41, 5.74) is 5.23. The molecule has 3 nitrogen and oxygen atoms in total. The lowest BCUT2D eigenvalue weighted by Crippen LogP contribution is -2.30. The van der Waals surface area contributed by atoms with Crippen LogP contribution in [0.25, 0.3) is 0 Å². The van der Waals surface area contributed by atoms with Crippen LogP contribution in [0.3, 0.4) is 0 Å². The minimum absolute atomic E-state index is 0.0290. The van der Waals surface area contributed by atoms with Crippen LogP contribution in [0.1, 0.15) is 20.3 Å². The first-order chi connectivity index (χ1) is 5.04. The first kappa shape index (κ1) is 10.4. The van der Waals surface area contributed by atoms with Gasteiger partial charge >= 0.3 is 0 Å². The van der Waals surface area contributed by atoms with Crippen LogP contribution in [0, 0.1) is 5.92 Å². The van der Waals surface area contributed by atoms with E-state index in [2.05, 4.69) is 17.5 Å². The van der Waals surface area contributed by atoms with Gasteiger partial charge in [-0.15, -0.1) is 0 Å². The fourth-order valence-electron chi connectivity index (χ4n) is 0.513. The maximum absolute atomic E-state index is 10.9. The molecular weight excluding hydrogens is 160 g/mol. The molecule has 0 unspecified atom stereocenters. The molecule has 0 bridgehead atoms. The van der Waals surface area contributed by atoms with E-state index in [1.165, 1.54) is 0 Å². The van der Waals surface area contributed by atoms with E-state index in [4.69, 9.17) is 5.73 Å². The predicted octanol–water partition coefficient (Wildman–Crippen LogP) is 0.435. The second kappa shape index (κ2) is 5.07. The van der Waals surface area contributed by atoms with Gasteiger partial charge in [-0.3, -0.25) is 4.79 Å². The molecule has 0 aromatic rings. The van der Waals surface area contributed by atoms with Gasteiger partial charge in [0.25, 0.3) is 0 Å². The third kappa shape index (κ3) is 5.79. The van der Waals surface area contributed by atoms with E-state index in [0.29, 0.717) is 18.0 Å². The largest absolute Gasteiger partial charge is 0.393 e. The van der Waals surface area contributed by atoms with Gasteiger partial charge in [0.05, 0.1) is 4.99 Å². The highest BCUT2D eigenvalue weighted by Gasteiger charge is 2.04. The molecule has 3 N–H and O–H groups in total. The number of nitrogens with one attached hydrogen (secondary N) is 1. The molecule has 0 atom stereocenters. The van der Waals surface area contributed by atoms with E-state index >= 15 is 0 Å². The van der Waals surface area contributed by atoms with Gasteiger partial charge in [0.15, 0.2) is 0 Å². The fraction of sp³-hybridized carbons (Fsp3) is 0.714. The van der Waals surface area contributed by atoms with Gasteiger partial charge in [0, 0.05) is 18.9 Å². The number of hydrogen-bond acceptors (Lipinski definition) is 2. The van der Waals surface area contributed by atoms with Crippen LogP contribution in [0.2, 0.25) is 0 Å². The third-order valence-corrected chi connectivity index (χ3v) is 1.40. The van der Waals surface area contributed by atoms with Gasteiger partial charge in [-0.25, -0.2) is 0 Å². The van der Waals surface area contributed by atoms with Gasteiger partial charge < -0.3 is 11.1 Å². The lowest BCUT2D eigenvalue weighted by Gasteiger charge is -2.05. The Morgan fingerprint density at radius 2 is 2.18 bits per heavy atom. The molecule has 0 rings (SSSR count). The number of carbonyl (C=O) groups is 1. The lowest BCUT2D eigenvalue weighted by atomic mass is 10.2. The maximum atomic E-state index is 10.9. The Bertz CT molecular complexity index is 157. The number of rotatable bonds is 4. The Morgan fingerprint density at radius 3 is 2.55 bits per heavy atom. The lowest BCUT2D eigenvalue weighted by molar-refractivity contribution is -0.123. The summed E-state index contributed by atoms with van der Waals surface area (Å²) in [6.45, 7) is 4.23. The topological polar surface area (TPSA) is 55.1 Å². The first-order valence-electron chi connectivity index (χ1n) is 3.60. The predicted molar refractivity (Wildman–Crippen MR) is 49.3 cm³/mol. The number of hydrogen-bond donors (Lipinski definition) is 2. The molecule has 0 aliphatic heterocycles. The standard InChI is InChI=1S/C7H14N2OS/c1-5(2)7(10)9-4-3-6(8)11/h5H,3-4H2,1-2H3,(H2,8,11)(H,9,10). The third-order valence-electron chi connectivity index (χ3n) is 1.20. The summed E-state index contributed by atoms with van der Waals surface area (Å²) in [6.07, 6.45) is 0.577. The molecule has 0 aromatic heterocycles. The minimum Gasteiger partial charge on any atom is -0.393 e. The Morgan fingerprint density at radius 1 is 1.64 bits per heavy atom. The quantitative estimate of drug-likeness (QED) is 0.608. The van der Waals surface area contributed by atoms with Crippen molar-refractivity contribution in [3.8, 4) is 0 Å². The fourth-order valence-corrected chi connectivity index (χ4v) is 0.615. The Kier molecular flexibility index (Phi) is 4.77. The Hall–Kier alpha value is -0.640. The molecule has 64 valence electrons. The van der Waals surface area contributed by atoms with Crippen molar-refractivity contribution in [2.24, 2.45) is 11.7 Å². The molecule has 4 heteroatoms. The molecule has 0 radical (unpaired) electrons. The van der Waals surface area contributed by atoms with Crippen molar-refractivity contribution < 1.29 is 4.79 Å². The molecular formula is C7H14N2OS. The van der Waals surface area contributed by atoms with Crippen LogP contribution in [0.4, 0.5) is 0 Å². The average molecular weight is 174 g/mol. The molecule has 0 spiro atoms. The normalized spacial score (nSPS) is 9.73. The van der Waals surface area contributed by atoms with Crippen LogP contribution < -0.4 is 11.1 Å². The van der Waals surface area contributed by atoms with Crippen molar-refractivity contribution in [1.82, 2.24) is 5.32 Å². The van der Waals surface area contributed by atoms with Gasteiger partial charge in [0.1, 0.15) is 0 Å². The van der Waals surface area contributed by atoms with Crippen LogP contribution in [0.15, 0.2) is 0 Å². The highest BCUT2D eigenvalue weighted by molar-refractivity contribution is 7.80. The second-order valence-corrected chi connectivity index (χ2v) is 3.19. The molecule has 0 saturated heterocycles. The highest BCUT2D eigenvalue weighted by Crippen LogP contribution is 1.90. The van der Waals surface area contributed by atoms with Crippen LogP contribution in [-0.2, 0) is 4.79 Å². The maximum Gasteiger partial charge on any atom is 0.222 e.